The number of carbonyl (C=O) groups is 1. The van der Waals surface area contributed by atoms with Crippen LogP contribution in [0.3, 0.4) is 0 Å². The third-order valence-electron chi connectivity index (χ3n) is 2.55. The fourth-order valence-electron chi connectivity index (χ4n) is 1.83. The molecule has 1 heterocycles. The molecule has 2 atom stereocenters. The minimum absolute atomic E-state index is 0.0569. The maximum Gasteiger partial charge on any atom is 0.217 e. The number of piperidine rings is 1. The number of carbonyl (C=O) groups excluding carboxylic acids is 1. The molecule has 0 aromatic heterocycles. The third-order valence-corrected chi connectivity index (χ3v) is 2.55. The van der Waals surface area contributed by atoms with Crippen LogP contribution in [-0.4, -0.2) is 37.0 Å². The lowest BCUT2D eigenvalue weighted by atomic mass is 9.92. The number of nitrogens with zero attached hydrogens (tertiary/aromatic N) is 1. The Bertz CT molecular complexity index is 203. The summed E-state index contributed by atoms with van der Waals surface area (Å²) in [6.07, 6.45) is 2.96. The number of rotatable bonds is 2. The Labute approximate surface area is 79.8 Å². The number of nitrogens with one attached hydrogen (secondary N) is 1. The molecule has 1 aliphatic heterocycles. The Morgan fingerprint density at radius 2 is 2.38 bits per heavy atom. The first-order chi connectivity index (χ1) is 6.13. The van der Waals surface area contributed by atoms with Crippen molar-refractivity contribution < 1.29 is 4.79 Å². The van der Waals surface area contributed by atoms with Crippen LogP contribution < -0.4 is 5.32 Å². The summed E-state index contributed by atoms with van der Waals surface area (Å²) in [7, 11) is 2.10. The summed E-state index contributed by atoms with van der Waals surface area (Å²) in [4.78, 5) is 13.2. The van der Waals surface area contributed by atoms with E-state index in [0.717, 1.165) is 19.5 Å². The first-order valence-corrected chi connectivity index (χ1v) is 4.71. The van der Waals surface area contributed by atoms with Crippen molar-refractivity contribution in [2.75, 3.05) is 20.1 Å². The Kier molecular flexibility index (Phi) is 3.48. The van der Waals surface area contributed by atoms with Gasteiger partial charge in [0, 0.05) is 25.4 Å². The first-order valence-electron chi connectivity index (χ1n) is 4.71. The predicted molar refractivity (Wildman–Crippen MR) is 53.4 cm³/mol. The molecule has 0 aromatic rings. The minimum atomic E-state index is 0.0569. The Morgan fingerprint density at radius 1 is 1.69 bits per heavy atom. The molecule has 0 bridgehead atoms. The molecule has 1 N–H and O–H groups in total. The zero-order chi connectivity index (χ0) is 9.84. The van der Waals surface area contributed by atoms with E-state index < -0.39 is 0 Å². The van der Waals surface area contributed by atoms with Crippen LogP contribution in [0.2, 0.25) is 0 Å². The van der Waals surface area contributed by atoms with Crippen LogP contribution in [0, 0.1) is 5.92 Å². The monoisotopic (exact) mass is 182 g/mol. The molecule has 0 saturated carbocycles. The Morgan fingerprint density at radius 3 is 2.92 bits per heavy atom. The highest BCUT2D eigenvalue weighted by Crippen LogP contribution is 2.16. The van der Waals surface area contributed by atoms with Crippen molar-refractivity contribution in [1.29, 1.82) is 0 Å². The summed E-state index contributed by atoms with van der Waals surface area (Å²) in [5, 5.41) is 2.97. The zero-order valence-corrected chi connectivity index (χ0v) is 8.42. The standard InChI is InChI=1S/C10H18N2O/c1-4-9-7-12(3)6-5-10(9)11-8(2)13/h4,9-10H,1,5-7H2,2-3H3,(H,11,13). The predicted octanol–water partition coefficient (Wildman–Crippen LogP) is 0.629. The molecule has 3 heteroatoms. The van der Waals surface area contributed by atoms with Gasteiger partial charge in [0.15, 0.2) is 0 Å². The highest BCUT2D eigenvalue weighted by atomic mass is 16.1. The molecular weight excluding hydrogens is 164 g/mol. The molecule has 1 rings (SSSR count). The summed E-state index contributed by atoms with van der Waals surface area (Å²) in [6.45, 7) is 7.41. The summed E-state index contributed by atoms with van der Waals surface area (Å²) in [5.41, 5.74) is 0. The van der Waals surface area contributed by atoms with E-state index in [1.165, 1.54) is 0 Å². The van der Waals surface area contributed by atoms with E-state index in [-0.39, 0.29) is 11.9 Å². The van der Waals surface area contributed by atoms with E-state index in [2.05, 4.69) is 23.8 Å². The van der Waals surface area contributed by atoms with Gasteiger partial charge in [-0.3, -0.25) is 4.79 Å². The van der Waals surface area contributed by atoms with Crippen LogP contribution in [0.4, 0.5) is 0 Å². The van der Waals surface area contributed by atoms with Gasteiger partial charge in [0.05, 0.1) is 0 Å². The number of hydrogen-bond donors (Lipinski definition) is 1. The van der Waals surface area contributed by atoms with Gasteiger partial charge in [-0.05, 0) is 20.0 Å². The maximum absolute atomic E-state index is 10.9. The molecule has 1 amide bonds. The van der Waals surface area contributed by atoms with E-state index in [1.54, 1.807) is 6.92 Å². The topological polar surface area (TPSA) is 32.3 Å². The summed E-state index contributed by atoms with van der Waals surface area (Å²) in [5.74, 6) is 0.448. The van der Waals surface area contributed by atoms with Crippen LogP contribution >= 0.6 is 0 Å². The van der Waals surface area contributed by atoms with Crippen molar-refractivity contribution >= 4 is 5.91 Å². The molecule has 13 heavy (non-hydrogen) atoms. The lowest BCUT2D eigenvalue weighted by molar-refractivity contribution is -0.120. The fourth-order valence-corrected chi connectivity index (χ4v) is 1.83. The van der Waals surface area contributed by atoms with Crippen LogP contribution in [0.1, 0.15) is 13.3 Å². The normalized spacial score (nSPS) is 29.7. The van der Waals surface area contributed by atoms with Crippen LogP contribution in [0.15, 0.2) is 12.7 Å². The summed E-state index contributed by atoms with van der Waals surface area (Å²) >= 11 is 0. The van der Waals surface area contributed by atoms with Crippen LogP contribution in [0.5, 0.6) is 0 Å². The van der Waals surface area contributed by atoms with E-state index >= 15 is 0 Å². The molecule has 0 aliphatic carbocycles. The van der Waals surface area contributed by atoms with Crippen molar-refractivity contribution in [3.63, 3.8) is 0 Å². The van der Waals surface area contributed by atoms with Crippen molar-refractivity contribution in [3.05, 3.63) is 12.7 Å². The van der Waals surface area contributed by atoms with Gasteiger partial charge < -0.3 is 10.2 Å². The summed E-state index contributed by atoms with van der Waals surface area (Å²) < 4.78 is 0. The average Bonchev–Trinajstić information content (AvgIpc) is 2.07. The van der Waals surface area contributed by atoms with Crippen molar-refractivity contribution in [2.45, 2.75) is 19.4 Å². The molecule has 1 fully saturated rings. The molecule has 0 aromatic carbocycles. The highest BCUT2D eigenvalue weighted by Gasteiger charge is 2.25. The minimum Gasteiger partial charge on any atom is -0.353 e. The second kappa shape index (κ2) is 4.42. The lowest BCUT2D eigenvalue weighted by Crippen LogP contribution is -2.48. The smallest absolute Gasteiger partial charge is 0.217 e. The van der Waals surface area contributed by atoms with Crippen molar-refractivity contribution in [3.8, 4) is 0 Å². The molecule has 0 radical (unpaired) electrons. The van der Waals surface area contributed by atoms with E-state index in [9.17, 15) is 4.79 Å². The summed E-state index contributed by atoms with van der Waals surface area (Å²) in [6, 6.07) is 0.284. The lowest BCUT2D eigenvalue weighted by Gasteiger charge is -2.35. The van der Waals surface area contributed by atoms with Gasteiger partial charge in [0.1, 0.15) is 0 Å². The average molecular weight is 182 g/mol. The maximum atomic E-state index is 10.9. The molecule has 0 spiro atoms. The van der Waals surface area contributed by atoms with Crippen LogP contribution in [0.25, 0.3) is 0 Å². The van der Waals surface area contributed by atoms with E-state index in [0.29, 0.717) is 5.92 Å². The van der Waals surface area contributed by atoms with Gasteiger partial charge in [-0.1, -0.05) is 6.08 Å². The first kappa shape index (κ1) is 10.3. The molecule has 1 saturated heterocycles. The Balaban J connectivity index is 2.52. The van der Waals surface area contributed by atoms with Gasteiger partial charge in [-0.25, -0.2) is 0 Å². The fraction of sp³-hybridized carbons (Fsp3) is 0.700. The Hall–Kier alpha value is -0.830. The number of amides is 1. The number of likely N-dealkylation sites (tertiary alicyclic amines) is 1. The second-order valence-electron chi connectivity index (χ2n) is 3.76. The molecule has 2 unspecified atom stereocenters. The van der Waals surface area contributed by atoms with E-state index in [1.807, 2.05) is 6.08 Å². The zero-order valence-electron chi connectivity index (χ0n) is 8.42. The SMILES string of the molecule is C=CC1CN(C)CCC1NC(C)=O. The quantitative estimate of drug-likeness (QED) is 0.635. The molecular formula is C10H18N2O. The van der Waals surface area contributed by atoms with Gasteiger partial charge >= 0.3 is 0 Å². The highest BCUT2D eigenvalue weighted by molar-refractivity contribution is 5.73. The largest absolute Gasteiger partial charge is 0.353 e. The second-order valence-corrected chi connectivity index (χ2v) is 3.76. The van der Waals surface area contributed by atoms with Gasteiger partial charge in [0.25, 0.3) is 0 Å². The van der Waals surface area contributed by atoms with Crippen molar-refractivity contribution in [1.82, 2.24) is 10.2 Å². The third kappa shape index (κ3) is 2.84. The van der Waals surface area contributed by atoms with Gasteiger partial charge in [0.2, 0.25) is 5.91 Å². The van der Waals surface area contributed by atoms with E-state index in [4.69, 9.17) is 0 Å². The number of hydrogen-bond acceptors (Lipinski definition) is 2. The van der Waals surface area contributed by atoms with Crippen LogP contribution in [-0.2, 0) is 4.79 Å². The van der Waals surface area contributed by atoms with Gasteiger partial charge in [-0.15, -0.1) is 6.58 Å². The molecule has 74 valence electrons. The van der Waals surface area contributed by atoms with Crippen molar-refractivity contribution in [2.24, 2.45) is 5.92 Å². The molecule has 3 nitrogen and oxygen atoms in total. The van der Waals surface area contributed by atoms with Gasteiger partial charge in [-0.2, -0.15) is 0 Å². The molecule has 1 aliphatic rings.